The van der Waals surface area contributed by atoms with Gasteiger partial charge in [-0.1, -0.05) is 9.64 Å². The molecule has 0 saturated carbocycles. The standard InChI is InChI=1S/C19H21N5O4S2/c1-4-27-19(26)13-9-29-17(20-13)12-5-7-24(8-6-12)18(25)14-10(2)22-28-15(14)16-11(3)21-23-30-16/h9,12H,4-8H2,1-3H3. The molecular formula is C19H21N5O4S2. The van der Waals surface area contributed by atoms with Crippen molar-refractivity contribution in [1.29, 1.82) is 0 Å². The number of aryl methyl sites for hydroxylation is 2. The first-order valence-electron chi connectivity index (χ1n) is 9.67. The molecule has 9 nitrogen and oxygen atoms in total. The minimum absolute atomic E-state index is 0.0960. The predicted molar refractivity (Wildman–Crippen MR) is 111 cm³/mol. The van der Waals surface area contributed by atoms with Crippen molar-refractivity contribution in [2.24, 2.45) is 0 Å². The van der Waals surface area contributed by atoms with Gasteiger partial charge in [-0.25, -0.2) is 9.78 Å². The van der Waals surface area contributed by atoms with Crippen LogP contribution in [0.2, 0.25) is 0 Å². The number of rotatable bonds is 5. The van der Waals surface area contributed by atoms with Gasteiger partial charge in [-0.3, -0.25) is 4.79 Å². The molecule has 30 heavy (non-hydrogen) atoms. The maximum atomic E-state index is 13.2. The van der Waals surface area contributed by atoms with Crippen molar-refractivity contribution in [2.45, 2.75) is 39.5 Å². The van der Waals surface area contributed by atoms with E-state index in [1.54, 1.807) is 19.2 Å². The number of amides is 1. The zero-order valence-corrected chi connectivity index (χ0v) is 18.5. The van der Waals surface area contributed by atoms with Gasteiger partial charge in [0.25, 0.3) is 5.91 Å². The van der Waals surface area contributed by atoms with Crippen molar-refractivity contribution in [1.82, 2.24) is 24.6 Å². The highest BCUT2D eigenvalue weighted by Gasteiger charge is 2.32. The first kappa shape index (κ1) is 20.6. The number of likely N-dealkylation sites (tertiary alicyclic amines) is 1. The second kappa shape index (κ2) is 8.60. The monoisotopic (exact) mass is 447 g/mol. The average molecular weight is 448 g/mol. The molecule has 1 aliphatic rings. The van der Waals surface area contributed by atoms with Crippen LogP contribution in [-0.4, -0.2) is 56.2 Å². The van der Waals surface area contributed by atoms with Crippen molar-refractivity contribution in [3.05, 3.63) is 33.0 Å². The van der Waals surface area contributed by atoms with Crippen LogP contribution in [0.5, 0.6) is 0 Å². The Morgan fingerprint density at radius 1 is 1.27 bits per heavy atom. The summed E-state index contributed by atoms with van der Waals surface area (Å²) in [6.07, 6.45) is 1.56. The summed E-state index contributed by atoms with van der Waals surface area (Å²) in [4.78, 5) is 32.1. The number of ether oxygens (including phenoxy) is 1. The Bertz CT molecular complexity index is 1060. The van der Waals surface area contributed by atoms with E-state index in [1.807, 2.05) is 11.8 Å². The topological polar surface area (TPSA) is 111 Å². The molecule has 0 aliphatic carbocycles. The van der Waals surface area contributed by atoms with Gasteiger partial charge in [-0.2, -0.15) is 0 Å². The summed E-state index contributed by atoms with van der Waals surface area (Å²) in [6.45, 7) is 6.89. The zero-order valence-electron chi connectivity index (χ0n) is 16.9. The molecule has 0 atom stereocenters. The normalized spacial score (nSPS) is 14.8. The fourth-order valence-electron chi connectivity index (χ4n) is 3.48. The van der Waals surface area contributed by atoms with Crippen LogP contribution in [0.25, 0.3) is 10.6 Å². The lowest BCUT2D eigenvalue weighted by molar-refractivity contribution is 0.0520. The van der Waals surface area contributed by atoms with Crippen molar-refractivity contribution in [3.8, 4) is 10.6 Å². The smallest absolute Gasteiger partial charge is 0.357 e. The Morgan fingerprint density at radius 2 is 2.03 bits per heavy atom. The van der Waals surface area contributed by atoms with E-state index in [4.69, 9.17) is 9.26 Å². The van der Waals surface area contributed by atoms with Crippen LogP contribution >= 0.6 is 22.9 Å². The van der Waals surface area contributed by atoms with Gasteiger partial charge in [0.1, 0.15) is 10.4 Å². The highest BCUT2D eigenvalue weighted by atomic mass is 32.1. The van der Waals surface area contributed by atoms with Gasteiger partial charge >= 0.3 is 5.97 Å². The van der Waals surface area contributed by atoms with Gasteiger partial charge in [0, 0.05) is 24.4 Å². The number of carbonyl (C=O) groups is 2. The lowest BCUT2D eigenvalue weighted by Crippen LogP contribution is -2.38. The minimum Gasteiger partial charge on any atom is -0.461 e. The van der Waals surface area contributed by atoms with Gasteiger partial charge in [0.2, 0.25) is 0 Å². The highest BCUT2D eigenvalue weighted by molar-refractivity contribution is 7.10. The molecule has 11 heteroatoms. The highest BCUT2D eigenvalue weighted by Crippen LogP contribution is 2.34. The van der Waals surface area contributed by atoms with Crippen LogP contribution in [0.4, 0.5) is 0 Å². The third-order valence-corrected chi connectivity index (χ3v) is 6.91. The summed E-state index contributed by atoms with van der Waals surface area (Å²) in [6, 6.07) is 0. The molecule has 1 aliphatic heterocycles. The first-order valence-corrected chi connectivity index (χ1v) is 11.3. The molecule has 0 spiro atoms. The van der Waals surface area contributed by atoms with Gasteiger partial charge in [0.15, 0.2) is 11.5 Å². The molecule has 158 valence electrons. The number of aromatic nitrogens is 4. The third kappa shape index (κ3) is 3.86. The van der Waals surface area contributed by atoms with Crippen molar-refractivity contribution < 1.29 is 18.8 Å². The second-order valence-electron chi connectivity index (χ2n) is 7.02. The van der Waals surface area contributed by atoms with Crippen molar-refractivity contribution in [2.75, 3.05) is 19.7 Å². The van der Waals surface area contributed by atoms with E-state index >= 15 is 0 Å². The summed E-state index contributed by atoms with van der Waals surface area (Å²) in [5.41, 5.74) is 2.10. The fourth-order valence-corrected chi connectivity index (χ4v) is 5.08. The van der Waals surface area contributed by atoms with Crippen LogP contribution < -0.4 is 0 Å². The number of hydrogen-bond acceptors (Lipinski definition) is 10. The van der Waals surface area contributed by atoms with E-state index in [1.165, 1.54) is 22.9 Å². The number of esters is 1. The molecule has 1 fully saturated rings. The summed E-state index contributed by atoms with van der Waals surface area (Å²) >= 11 is 2.66. The third-order valence-electron chi connectivity index (χ3n) is 5.07. The van der Waals surface area contributed by atoms with Crippen LogP contribution in [0.15, 0.2) is 9.90 Å². The molecule has 1 amide bonds. The number of nitrogens with zero attached hydrogens (tertiary/aromatic N) is 5. The Balaban J connectivity index is 1.45. The van der Waals surface area contributed by atoms with Crippen molar-refractivity contribution in [3.63, 3.8) is 0 Å². The number of piperidine rings is 1. The molecule has 3 aromatic rings. The molecule has 0 N–H and O–H groups in total. The first-order chi connectivity index (χ1) is 14.5. The molecule has 0 unspecified atom stereocenters. The molecule has 0 aromatic carbocycles. The van der Waals surface area contributed by atoms with Crippen LogP contribution in [0, 0.1) is 13.8 Å². The Labute approximate surface area is 181 Å². The maximum Gasteiger partial charge on any atom is 0.357 e. The number of hydrogen-bond donors (Lipinski definition) is 0. The van der Waals surface area contributed by atoms with Crippen LogP contribution in [-0.2, 0) is 4.74 Å². The summed E-state index contributed by atoms with van der Waals surface area (Å²) in [7, 11) is 0. The quantitative estimate of drug-likeness (QED) is 0.547. The Hall–Kier alpha value is -2.66. The Morgan fingerprint density at radius 3 is 2.70 bits per heavy atom. The van der Waals surface area contributed by atoms with Gasteiger partial charge in [-0.05, 0) is 45.1 Å². The van der Waals surface area contributed by atoms with Crippen LogP contribution in [0.1, 0.15) is 62.9 Å². The lowest BCUT2D eigenvalue weighted by Gasteiger charge is -2.31. The molecule has 0 bridgehead atoms. The molecule has 3 aromatic heterocycles. The van der Waals surface area contributed by atoms with Gasteiger partial charge in [0.05, 0.1) is 23.0 Å². The molecule has 0 radical (unpaired) electrons. The fraction of sp³-hybridized carbons (Fsp3) is 0.474. The van der Waals surface area contributed by atoms with Gasteiger partial charge < -0.3 is 14.2 Å². The van der Waals surface area contributed by atoms with Crippen LogP contribution in [0.3, 0.4) is 0 Å². The van der Waals surface area contributed by atoms with E-state index in [9.17, 15) is 9.59 Å². The largest absolute Gasteiger partial charge is 0.461 e. The van der Waals surface area contributed by atoms with E-state index in [0.717, 1.165) is 22.7 Å². The SMILES string of the molecule is CCOC(=O)c1csc(C2CCN(C(=O)c3c(C)noc3-c3snnc3C)CC2)n1. The summed E-state index contributed by atoms with van der Waals surface area (Å²) in [5, 5.41) is 10.7. The summed E-state index contributed by atoms with van der Waals surface area (Å²) < 4.78 is 14.4. The Kier molecular flexibility index (Phi) is 5.91. The van der Waals surface area contributed by atoms with E-state index in [-0.39, 0.29) is 11.8 Å². The van der Waals surface area contributed by atoms with E-state index in [0.29, 0.717) is 48.1 Å². The molecule has 1 saturated heterocycles. The van der Waals surface area contributed by atoms with E-state index in [2.05, 4.69) is 19.7 Å². The molecule has 4 rings (SSSR count). The number of thiazole rings is 1. The average Bonchev–Trinajstić information content (AvgIpc) is 3.47. The predicted octanol–water partition coefficient (Wildman–Crippen LogP) is 3.46. The summed E-state index contributed by atoms with van der Waals surface area (Å²) in [5.74, 6) is 0.168. The maximum absolute atomic E-state index is 13.2. The second-order valence-corrected chi connectivity index (χ2v) is 8.66. The van der Waals surface area contributed by atoms with Crippen molar-refractivity contribution >= 4 is 34.7 Å². The minimum atomic E-state index is -0.393. The molecular weight excluding hydrogens is 426 g/mol. The van der Waals surface area contributed by atoms with Gasteiger partial charge in [-0.15, -0.1) is 16.4 Å². The van der Waals surface area contributed by atoms with E-state index < -0.39 is 5.97 Å². The zero-order chi connectivity index (χ0) is 21.3. The number of carbonyl (C=O) groups excluding carboxylic acids is 2. The lowest BCUT2D eigenvalue weighted by atomic mass is 9.96. The molecule has 4 heterocycles.